The maximum Gasteiger partial charge on any atom is 0.401 e. The molecule has 19 heavy (non-hydrogen) atoms. The number of alkyl halides is 3. The topological polar surface area (TPSA) is 29.3 Å². The lowest BCUT2D eigenvalue weighted by Crippen LogP contribution is -2.44. The number of benzene rings is 1. The maximum atomic E-state index is 12.5. The molecule has 0 amide bonds. The number of hydrogen-bond acceptors (Lipinski definition) is 2. The summed E-state index contributed by atoms with van der Waals surface area (Å²) < 4.78 is 37.5. The number of nitrogens with zero attached hydrogens (tertiary/aromatic N) is 1. The molecule has 0 aromatic heterocycles. The number of rotatable bonds is 6. The zero-order valence-corrected chi connectivity index (χ0v) is 10.7. The van der Waals surface area contributed by atoms with Gasteiger partial charge in [0.2, 0.25) is 0 Å². The van der Waals surface area contributed by atoms with Crippen molar-refractivity contribution >= 4 is 0 Å². The molecule has 1 saturated carbocycles. The Balaban J connectivity index is 1.86. The van der Waals surface area contributed by atoms with Crippen molar-refractivity contribution in [1.82, 2.24) is 4.90 Å². The molecule has 2 nitrogen and oxygen atoms in total. The lowest BCUT2D eigenvalue weighted by Gasteiger charge is -2.26. The van der Waals surface area contributed by atoms with Crippen LogP contribution in [0.15, 0.2) is 30.3 Å². The first kappa shape index (κ1) is 14.3. The van der Waals surface area contributed by atoms with Crippen molar-refractivity contribution in [2.75, 3.05) is 13.1 Å². The van der Waals surface area contributed by atoms with Crippen LogP contribution in [0.4, 0.5) is 13.2 Å². The second kappa shape index (κ2) is 5.92. The van der Waals surface area contributed by atoms with E-state index in [9.17, 15) is 13.2 Å². The van der Waals surface area contributed by atoms with Crippen molar-refractivity contribution in [2.24, 2.45) is 5.73 Å². The molecule has 0 heterocycles. The van der Waals surface area contributed by atoms with Crippen molar-refractivity contribution < 1.29 is 13.2 Å². The third-order valence-electron chi connectivity index (χ3n) is 3.26. The van der Waals surface area contributed by atoms with E-state index in [0.717, 1.165) is 18.4 Å². The Morgan fingerprint density at radius 1 is 1.21 bits per heavy atom. The molecule has 2 rings (SSSR count). The summed E-state index contributed by atoms with van der Waals surface area (Å²) in [6.45, 7) is -0.542. The van der Waals surface area contributed by atoms with E-state index in [1.807, 2.05) is 30.3 Å². The fraction of sp³-hybridized carbons (Fsp3) is 0.571. The largest absolute Gasteiger partial charge is 0.401 e. The zero-order chi connectivity index (χ0) is 13.9. The molecule has 1 atom stereocenters. The molecule has 1 fully saturated rings. The summed E-state index contributed by atoms with van der Waals surface area (Å²) in [5.74, 6) is 0. The van der Waals surface area contributed by atoms with Crippen LogP contribution in [-0.2, 0) is 6.42 Å². The van der Waals surface area contributed by atoms with Crippen LogP contribution in [-0.4, -0.2) is 36.2 Å². The van der Waals surface area contributed by atoms with E-state index in [1.54, 1.807) is 0 Å². The summed E-state index contributed by atoms with van der Waals surface area (Å²) in [4.78, 5) is 1.48. The molecule has 0 aliphatic heterocycles. The molecule has 0 radical (unpaired) electrons. The van der Waals surface area contributed by atoms with E-state index in [-0.39, 0.29) is 12.1 Å². The highest BCUT2D eigenvalue weighted by Crippen LogP contribution is 2.30. The van der Waals surface area contributed by atoms with Crippen molar-refractivity contribution in [3.05, 3.63) is 35.9 Å². The van der Waals surface area contributed by atoms with E-state index < -0.39 is 12.7 Å². The van der Waals surface area contributed by atoms with E-state index in [2.05, 4.69) is 0 Å². The minimum absolute atomic E-state index is 0.0726. The van der Waals surface area contributed by atoms with E-state index in [0.29, 0.717) is 13.0 Å². The highest BCUT2D eigenvalue weighted by molar-refractivity contribution is 5.15. The van der Waals surface area contributed by atoms with E-state index in [4.69, 9.17) is 5.73 Å². The summed E-state index contributed by atoms with van der Waals surface area (Å²) in [6.07, 6.45) is -1.82. The van der Waals surface area contributed by atoms with Gasteiger partial charge in [-0.1, -0.05) is 30.3 Å². The van der Waals surface area contributed by atoms with E-state index in [1.165, 1.54) is 4.90 Å². The summed E-state index contributed by atoms with van der Waals surface area (Å²) in [5.41, 5.74) is 7.05. The monoisotopic (exact) mass is 272 g/mol. The average molecular weight is 272 g/mol. The molecule has 0 bridgehead atoms. The summed E-state index contributed by atoms with van der Waals surface area (Å²) in [7, 11) is 0. The maximum absolute atomic E-state index is 12.5. The van der Waals surface area contributed by atoms with Crippen molar-refractivity contribution in [1.29, 1.82) is 0 Å². The Labute approximate surface area is 111 Å². The summed E-state index contributed by atoms with van der Waals surface area (Å²) in [5, 5.41) is 0. The predicted molar refractivity (Wildman–Crippen MR) is 68.8 cm³/mol. The average Bonchev–Trinajstić information content (AvgIpc) is 3.11. The lowest BCUT2D eigenvalue weighted by molar-refractivity contribution is -0.147. The van der Waals surface area contributed by atoms with Gasteiger partial charge in [0.15, 0.2) is 0 Å². The first-order chi connectivity index (χ1) is 8.94. The van der Waals surface area contributed by atoms with Gasteiger partial charge in [0.25, 0.3) is 0 Å². The quantitative estimate of drug-likeness (QED) is 0.862. The molecule has 0 spiro atoms. The minimum atomic E-state index is -4.14. The number of halogens is 3. The molecule has 106 valence electrons. The van der Waals surface area contributed by atoms with Crippen LogP contribution in [0.5, 0.6) is 0 Å². The van der Waals surface area contributed by atoms with Gasteiger partial charge in [0.1, 0.15) is 0 Å². The van der Waals surface area contributed by atoms with Gasteiger partial charge < -0.3 is 5.73 Å². The molecule has 2 N–H and O–H groups in total. The molecule has 1 aromatic carbocycles. The molecular weight excluding hydrogens is 253 g/mol. The minimum Gasteiger partial charge on any atom is -0.326 e. The lowest BCUT2D eigenvalue weighted by atomic mass is 10.1. The third-order valence-corrected chi connectivity index (χ3v) is 3.26. The van der Waals surface area contributed by atoms with Crippen LogP contribution in [0, 0.1) is 0 Å². The normalized spacial score (nSPS) is 17.7. The van der Waals surface area contributed by atoms with Crippen LogP contribution in [0.2, 0.25) is 0 Å². The number of nitrogens with two attached hydrogens (primary N) is 1. The SMILES string of the molecule is NC(Cc1ccccc1)CN(CC(F)(F)F)C1CC1. The fourth-order valence-corrected chi connectivity index (χ4v) is 2.30. The highest BCUT2D eigenvalue weighted by Gasteiger charge is 2.38. The Bertz CT molecular complexity index is 387. The first-order valence-electron chi connectivity index (χ1n) is 6.54. The number of hydrogen-bond donors (Lipinski definition) is 1. The smallest absolute Gasteiger partial charge is 0.326 e. The van der Waals surface area contributed by atoms with Gasteiger partial charge in [-0.3, -0.25) is 4.90 Å². The van der Waals surface area contributed by atoms with Crippen molar-refractivity contribution in [3.8, 4) is 0 Å². The van der Waals surface area contributed by atoms with Gasteiger partial charge in [0.05, 0.1) is 6.54 Å². The molecule has 1 aliphatic carbocycles. The second-order valence-electron chi connectivity index (χ2n) is 5.23. The van der Waals surface area contributed by atoms with Crippen molar-refractivity contribution in [2.45, 2.75) is 37.5 Å². The van der Waals surface area contributed by atoms with Gasteiger partial charge in [0, 0.05) is 18.6 Å². The summed E-state index contributed by atoms with van der Waals surface area (Å²) >= 11 is 0. The third kappa shape index (κ3) is 5.20. The van der Waals surface area contributed by atoms with Gasteiger partial charge in [-0.25, -0.2) is 0 Å². The Morgan fingerprint density at radius 2 is 1.84 bits per heavy atom. The van der Waals surface area contributed by atoms with Gasteiger partial charge >= 0.3 is 6.18 Å². The van der Waals surface area contributed by atoms with Crippen molar-refractivity contribution in [3.63, 3.8) is 0 Å². The van der Waals surface area contributed by atoms with Crippen LogP contribution >= 0.6 is 0 Å². The Morgan fingerprint density at radius 3 is 2.37 bits per heavy atom. The van der Waals surface area contributed by atoms with Crippen LogP contribution in [0.3, 0.4) is 0 Å². The molecule has 1 aliphatic rings. The second-order valence-corrected chi connectivity index (χ2v) is 5.23. The molecule has 1 aromatic rings. The zero-order valence-electron chi connectivity index (χ0n) is 10.7. The summed E-state index contributed by atoms with van der Waals surface area (Å²) in [6, 6.07) is 9.45. The Kier molecular flexibility index (Phi) is 4.47. The first-order valence-corrected chi connectivity index (χ1v) is 6.54. The standard InChI is InChI=1S/C14H19F3N2/c15-14(16,17)10-19(13-6-7-13)9-12(18)8-11-4-2-1-3-5-11/h1-5,12-13H,6-10,18H2. The van der Waals surface area contributed by atoms with Crippen LogP contribution in [0.1, 0.15) is 18.4 Å². The van der Waals surface area contributed by atoms with Gasteiger partial charge in [-0.05, 0) is 24.8 Å². The molecule has 5 heteroatoms. The fourth-order valence-electron chi connectivity index (χ4n) is 2.30. The predicted octanol–water partition coefficient (Wildman–Crippen LogP) is 2.58. The van der Waals surface area contributed by atoms with Crippen LogP contribution in [0.25, 0.3) is 0 Å². The molecule has 1 unspecified atom stereocenters. The van der Waals surface area contributed by atoms with Gasteiger partial charge in [-0.2, -0.15) is 13.2 Å². The van der Waals surface area contributed by atoms with Crippen LogP contribution < -0.4 is 5.73 Å². The van der Waals surface area contributed by atoms with E-state index >= 15 is 0 Å². The Hall–Kier alpha value is -1.07. The molecular formula is C14H19F3N2. The van der Waals surface area contributed by atoms with Gasteiger partial charge in [-0.15, -0.1) is 0 Å². The highest BCUT2D eigenvalue weighted by atomic mass is 19.4. The molecule has 0 saturated heterocycles.